The highest BCUT2D eigenvalue weighted by molar-refractivity contribution is 7.22. The first kappa shape index (κ1) is 15.7. The molecule has 1 aliphatic rings. The van der Waals surface area contributed by atoms with Crippen molar-refractivity contribution in [3.05, 3.63) is 23.8 Å². The quantitative estimate of drug-likeness (QED) is 0.849. The first-order chi connectivity index (χ1) is 11.0. The summed E-state index contributed by atoms with van der Waals surface area (Å²) < 4.78 is 11.3. The number of fused-ring (bicyclic) bond motifs is 1. The lowest BCUT2D eigenvalue weighted by Gasteiger charge is -2.28. The fourth-order valence-corrected chi connectivity index (χ4v) is 3.16. The third-order valence-electron chi connectivity index (χ3n) is 3.60. The number of nitrogen functional groups attached to an aromatic ring is 1. The number of thiazole rings is 1. The molecule has 0 bridgehead atoms. The largest absolute Gasteiger partial charge is 0.449 e. The monoisotopic (exact) mass is 335 g/mol. The minimum atomic E-state index is -0.831. The molecule has 2 N–H and O–H groups in total. The van der Waals surface area contributed by atoms with Crippen molar-refractivity contribution < 1.29 is 19.1 Å². The number of nitrogens with two attached hydrogens (primary N) is 1. The Balaban J connectivity index is 1.67. The Kier molecular flexibility index (Phi) is 4.44. The van der Waals surface area contributed by atoms with Gasteiger partial charge in [-0.25, -0.2) is 9.78 Å². The molecule has 1 saturated heterocycles. The van der Waals surface area contributed by atoms with Crippen LogP contribution >= 0.6 is 11.3 Å². The molecule has 2 aromatic rings. The Morgan fingerprint density at radius 2 is 2.13 bits per heavy atom. The van der Waals surface area contributed by atoms with E-state index in [1.54, 1.807) is 30.0 Å². The summed E-state index contributed by atoms with van der Waals surface area (Å²) in [6.07, 6.45) is -0.831. The van der Waals surface area contributed by atoms with Gasteiger partial charge in [0.1, 0.15) is 0 Å². The summed E-state index contributed by atoms with van der Waals surface area (Å²) in [6, 6.07) is 5.01. The van der Waals surface area contributed by atoms with Crippen LogP contribution in [0.5, 0.6) is 0 Å². The minimum absolute atomic E-state index is 0.204. The fraction of sp³-hybridized carbons (Fsp3) is 0.400. The van der Waals surface area contributed by atoms with Crippen molar-refractivity contribution in [2.24, 2.45) is 0 Å². The van der Waals surface area contributed by atoms with Gasteiger partial charge in [0.05, 0.1) is 29.0 Å². The summed E-state index contributed by atoms with van der Waals surface area (Å²) >= 11 is 1.30. The molecule has 0 radical (unpaired) electrons. The number of esters is 1. The molecule has 1 aliphatic heterocycles. The van der Waals surface area contributed by atoms with E-state index in [1.165, 1.54) is 11.3 Å². The third-order valence-corrected chi connectivity index (χ3v) is 4.44. The predicted molar refractivity (Wildman–Crippen MR) is 86.3 cm³/mol. The van der Waals surface area contributed by atoms with Gasteiger partial charge in [-0.05, 0) is 25.1 Å². The summed E-state index contributed by atoms with van der Waals surface area (Å²) in [5.74, 6) is -0.738. The van der Waals surface area contributed by atoms with E-state index in [1.807, 2.05) is 0 Å². The third kappa shape index (κ3) is 3.43. The SMILES string of the molecule is C[C@@H](OC(=O)c1ccc2nc(N)sc2c1)C(=O)N1CCOCC1. The van der Waals surface area contributed by atoms with Crippen LogP contribution in [0, 0.1) is 0 Å². The summed E-state index contributed by atoms with van der Waals surface area (Å²) in [5, 5.41) is 0.446. The Bertz CT molecular complexity index is 739. The molecule has 7 nitrogen and oxygen atoms in total. The smallest absolute Gasteiger partial charge is 0.338 e. The van der Waals surface area contributed by atoms with E-state index < -0.39 is 12.1 Å². The molecule has 1 aromatic heterocycles. The zero-order chi connectivity index (χ0) is 16.4. The Hall–Kier alpha value is -2.19. The number of benzene rings is 1. The van der Waals surface area contributed by atoms with Crippen molar-refractivity contribution in [1.82, 2.24) is 9.88 Å². The Labute approximate surface area is 137 Å². The number of morpholine rings is 1. The van der Waals surface area contributed by atoms with Crippen LogP contribution in [-0.2, 0) is 14.3 Å². The molecule has 122 valence electrons. The maximum atomic E-state index is 12.2. The molecule has 1 atom stereocenters. The van der Waals surface area contributed by atoms with Crippen LogP contribution in [0.15, 0.2) is 18.2 Å². The lowest BCUT2D eigenvalue weighted by atomic mass is 10.2. The molecular formula is C15H17N3O4S. The average molecular weight is 335 g/mol. The highest BCUT2D eigenvalue weighted by Gasteiger charge is 2.25. The zero-order valence-electron chi connectivity index (χ0n) is 12.7. The van der Waals surface area contributed by atoms with Crippen molar-refractivity contribution >= 4 is 38.6 Å². The number of amides is 1. The summed E-state index contributed by atoms with van der Waals surface area (Å²) in [6.45, 7) is 3.64. The van der Waals surface area contributed by atoms with Crippen LogP contribution in [0.25, 0.3) is 10.2 Å². The van der Waals surface area contributed by atoms with Gasteiger partial charge < -0.3 is 20.1 Å². The fourth-order valence-electron chi connectivity index (χ4n) is 2.39. The van der Waals surface area contributed by atoms with Crippen molar-refractivity contribution in [3.8, 4) is 0 Å². The molecule has 23 heavy (non-hydrogen) atoms. The second-order valence-electron chi connectivity index (χ2n) is 5.22. The number of nitrogens with zero attached hydrogens (tertiary/aromatic N) is 2. The number of ether oxygens (including phenoxy) is 2. The van der Waals surface area contributed by atoms with E-state index in [4.69, 9.17) is 15.2 Å². The molecule has 8 heteroatoms. The van der Waals surface area contributed by atoms with Crippen LogP contribution in [0.2, 0.25) is 0 Å². The number of carbonyl (C=O) groups excluding carboxylic acids is 2. The molecular weight excluding hydrogens is 318 g/mol. The lowest BCUT2D eigenvalue weighted by molar-refractivity contribution is -0.143. The van der Waals surface area contributed by atoms with Gasteiger partial charge in [-0.3, -0.25) is 4.79 Å². The second kappa shape index (κ2) is 6.51. The van der Waals surface area contributed by atoms with E-state index in [0.29, 0.717) is 37.0 Å². The topological polar surface area (TPSA) is 94.8 Å². The van der Waals surface area contributed by atoms with Gasteiger partial charge in [0.15, 0.2) is 11.2 Å². The molecule has 2 heterocycles. The molecule has 0 unspecified atom stereocenters. The molecule has 3 rings (SSSR count). The zero-order valence-corrected chi connectivity index (χ0v) is 13.5. The highest BCUT2D eigenvalue weighted by atomic mass is 32.1. The van der Waals surface area contributed by atoms with Gasteiger partial charge >= 0.3 is 5.97 Å². The molecule has 1 amide bonds. The molecule has 0 aliphatic carbocycles. The van der Waals surface area contributed by atoms with Gasteiger partial charge in [0, 0.05) is 13.1 Å². The van der Waals surface area contributed by atoms with E-state index in [-0.39, 0.29) is 5.91 Å². The average Bonchev–Trinajstić information content (AvgIpc) is 2.93. The van der Waals surface area contributed by atoms with Crippen LogP contribution in [0.1, 0.15) is 17.3 Å². The molecule has 1 aromatic carbocycles. The van der Waals surface area contributed by atoms with Crippen LogP contribution in [0.4, 0.5) is 5.13 Å². The van der Waals surface area contributed by atoms with Gasteiger partial charge in [-0.15, -0.1) is 0 Å². The number of hydrogen-bond acceptors (Lipinski definition) is 7. The first-order valence-corrected chi connectivity index (χ1v) is 8.10. The highest BCUT2D eigenvalue weighted by Crippen LogP contribution is 2.25. The number of carbonyl (C=O) groups is 2. The standard InChI is InChI=1S/C15H17N3O4S/c1-9(13(19)18-4-6-21-7-5-18)22-14(20)10-2-3-11-12(8-10)23-15(16)17-11/h2-3,8-9H,4-7H2,1H3,(H2,16,17)/t9-/m1/s1. The number of aromatic nitrogens is 1. The molecule has 0 saturated carbocycles. The van der Waals surface area contributed by atoms with E-state index >= 15 is 0 Å². The molecule has 1 fully saturated rings. The van der Waals surface area contributed by atoms with Crippen LogP contribution < -0.4 is 5.73 Å². The van der Waals surface area contributed by atoms with Crippen LogP contribution in [0.3, 0.4) is 0 Å². The van der Waals surface area contributed by atoms with Gasteiger partial charge in [0.2, 0.25) is 0 Å². The second-order valence-corrected chi connectivity index (χ2v) is 6.28. The minimum Gasteiger partial charge on any atom is -0.449 e. The van der Waals surface area contributed by atoms with Gasteiger partial charge in [-0.2, -0.15) is 0 Å². The van der Waals surface area contributed by atoms with Gasteiger partial charge in [0.25, 0.3) is 5.91 Å². The maximum Gasteiger partial charge on any atom is 0.338 e. The van der Waals surface area contributed by atoms with Crippen molar-refractivity contribution in [1.29, 1.82) is 0 Å². The summed E-state index contributed by atoms with van der Waals surface area (Å²) in [5.41, 5.74) is 6.77. The van der Waals surface area contributed by atoms with E-state index in [2.05, 4.69) is 4.98 Å². The van der Waals surface area contributed by atoms with Crippen molar-refractivity contribution in [2.45, 2.75) is 13.0 Å². The van der Waals surface area contributed by atoms with E-state index in [0.717, 1.165) is 10.2 Å². The number of hydrogen-bond donors (Lipinski definition) is 1. The van der Waals surface area contributed by atoms with Crippen LogP contribution in [-0.4, -0.2) is 54.2 Å². The maximum absolute atomic E-state index is 12.2. The summed E-state index contributed by atoms with van der Waals surface area (Å²) in [4.78, 5) is 30.3. The Morgan fingerprint density at radius 1 is 1.39 bits per heavy atom. The normalized spacial score (nSPS) is 16.3. The molecule has 0 spiro atoms. The Morgan fingerprint density at radius 3 is 2.87 bits per heavy atom. The summed E-state index contributed by atoms with van der Waals surface area (Å²) in [7, 11) is 0. The predicted octanol–water partition coefficient (Wildman–Crippen LogP) is 1.28. The van der Waals surface area contributed by atoms with Crippen molar-refractivity contribution in [3.63, 3.8) is 0 Å². The van der Waals surface area contributed by atoms with Gasteiger partial charge in [-0.1, -0.05) is 11.3 Å². The lowest BCUT2D eigenvalue weighted by Crippen LogP contribution is -2.46. The number of rotatable bonds is 3. The van der Waals surface area contributed by atoms with E-state index in [9.17, 15) is 9.59 Å². The number of anilines is 1. The first-order valence-electron chi connectivity index (χ1n) is 7.28. The van der Waals surface area contributed by atoms with Crippen molar-refractivity contribution in [2.75, 3.05) is 32.0 Å².